The van der Waals surface area contributed by atoms with Crippen LogP contribution in [-0.4, -0.2) is 35.2 Å². The second-order valence-electron chi connectivity index (χ2n) is 4.66. The average molecular weight is 269 g/mol. The maximum Gasteiger partial charge on any atom is 0.145 e. The van der Waals surface area contributed by atoms with E-state index in [-0.39, 0.29) is 13.2 Å². The Bertz CT molecular complexity index is 604. The van der Waals surface area contributed by atoms with Crippen molar-refractivity contribution in [3.05, 3.63) is 59.7 Å². The molecular formula is C16H15NO3. The van der Waals surface area contributed by atoms with Gasteiger partial charge >= 0.3 is 0 Å². The predicted molar refractivity (Wildman–Crippen MR) is 76.6 cm³/mol. The van der Waals surface area contributed by atoms with E-state index in [9.17, 15) is 5.11 Å². The number of aliphatic hydroxyl groups is 2. The van der Waals surface area contributed by atoms with Crippen LogP contribution in [0.5, 0.6) is 0 Å². The van der Waals surface area contributed by atoms with E-state index in [0.29, 0.717) is 0 Å². The van der Waals surface area contributed by atoms with Gasteiger partial charge in [-0.2, -0.15) is 0 Å². The minimum atomic E-state index is -0.911. The van der Waals surface area contributed by atoms with Gasteiger partial charge in [0.05, 0.1) is 6.61 Å². The van der Waals surface area contributed by atoms with Crippen molar-refractivity contribution in [1.82, 2.24) is 0 Å². The Kier molecular flexibility index (Phi) is 3.50. The summed E-state index contributed by atoms with van der Waals surface area (Å²) in [5, 5.41) is 22.2. The highest BCUT2D eigenvalue weighted by Gasteiger charge is 2.24. The topological polar surface area (TPSA) is 62.0 Å². The third-order valence-corrected chi connectivity index (χ3v) is 3.29. The molecule has 20 heavy (non-hydrogen) atoms. The third-order valence-electron chi connectivity index (χ3n) is 3.29. The Labute approximate surface area is 116 Å². The average Bonchev–Trinajstić information content (AvgIpc) is 2.82. The van der Waals surface area contributed by atoms with Crippen molar-refractivity contribution in [1.29, 1.82) is 0 Å². The van der Waals surface area contributed by atoms with Crippen molar-refractivity contribution in [3.63, 3.8) is 0 Å². The van der Waals surface area contributed by atoms with Crippen molar-refractivity contribution in [3.8, 4) is 11.1 Å². The Morgan fingerprint density at radius 3 is 1.90 bits per heavy atom. The lowest BCUT2D eigenvalue weighted by Crippen LogP contribution is -2.18. The van der Waals surface area contributed by atoms with E-state index in [1.54, 1.807) is 0 Å². The summed E-state index contributed by atoms with van der Waals surface area (Å²) in [6.45, 7) is -0.359. The molecule has 1 aliphatic rings. The summed E-state index contributed by atoms with van der Waals surface area (Å²) in [5.41, 5.74) is 5.07. The van der Waals surface area contributed by atoms with E-state index in [0.717, 1.165) is 28.0 Å². The number of fused-ring (bicyclic) bond motifs is 3. The smallest absolute Gasteiger partial charge is 0.145 e. The van der Waals surface area contributed by atoms with Gasteiger partial charge < -0.3 is 15.1 Å². The number of benzene rings is 2. The van der Waals surface area contributed by atoms with E-state index in [4.69, 9.17) is 9.94 Å². The van der Waals surface area contributed by atoms with Crippen LogP contribution in [0, 0.1) is 0 Å². The van der Waals surface area contributed by atoms with Crippen LogP contribution in [0.1, 0.15) is 11.1 Å². The Morgan fingerprint density at radius 1 is 0.900 bits per heavy atom. The van der Waals surface area contributed by atoms with Crippen LogP contribution in [0.2, 0.25) is 0 Å². The molecule has 102 valence electrons. The van der Waals surface area contributed by atoms with Gasteiger partial charge in [-0.05, 0) is 11.1 Å². The molecule has 0 aliphatic heterocycles. The molecule has 3 rings (SSSR count). The summed E-state index contributed by atoms with van der Waals surface area (Å²) < 4.78 is 0. The summed E-state index contributed by atoms with van der Waals surface area (Å²) >= 11 is 0. The lowest BCUT2D eigenvalue weighted by atomic mass is 10.1. The normalized spacial score (nSPS) is 13.6. The van der Waals surface area contributed by atoms with Gasteiger partial charge in [-0.25, -0.2) is 0 Å². The van der Waals surface area contributed by atoms with Crippen LogP contribution in [0.4, 0.5) is 0 Å². The molecule has 1 atom stereocenters. The van der Waals surface area contributed by atoms with Gasteiger partial charge in [-0.1, -0.05) is 53.7 Å². The molecule has 4 nitrogen and oxygen atoms in total. The maximum atomic E-state index is 9.28. The van der Waals surface area contributed by atoms with E-state index in [2.05, 4.69) is 17.3 Å². The number of hydrogen-bond donors (Lipinski definition) is 2. The number of rotatable bonds is 4. The molecule has 0 saturated heterocycles. The quantitative estimate of drug-likeness (QED) is 0.710. The van der Waals surface area contributed by atoms with E-state index < -0.39 is 6.10 Å². The fourth-order valence-electron chi connectivity index (χ4n) is 2.33. The molecule has 2 aromatic rings. The zero-order valence-electron chi connectivity index (χ0n) is 10.9. The van der Waals surface area contributed by atoms with Crippen molar-refractivity contribution < 1.29 is 15.1 Å². The largest absolute Gasteiger partial charge is 0.394 e. The first-order valence-corrected chi connectivity index (χ1v) is 6.49. The van der Waals surface area contributed by atoms with Gasteiger partial charge in [0.25, 0.3) is 0 Å². The lowest BCUT2D eigenvalue weighted by molar-refractivity contribution is 0.00845. The number of aliphatic hydroxyl groups excluding tert-OH is 2. The Hall–Kier alpha value is -2.17. The summed E-state index contributed by atoms with van der Waals surface area (Å²) in [4.78, 5) is 5.16. The van der Waals surface area contributed by atoms with Crippen LogP contribution in [0.25, 0.3) is 11.1 Å². The molecule has 1 unspecified atom stereocenters. The summed E-state index contributed by atoms with van der Waals surface area (Å²) in [6.07, 6.45) is -0.911. The van der Waals surface area contributed by atoms with E-state index in [1.807, 2.05) is 36.4 Å². The first-order chi connectivity index (χ1) is 9.81. The van der Waals surface area contributed by atoms with Crippen molar-refractivity contribution in [2.45, 2.75) is 6.10 Å². The molecule has 2 N–H and O–H groups in total. The first-order valence-electron chi connectivity index (χ1n) is 6.49. The van der Waals surface area contributed by atoms with Crippen molar-refractivity contribution in [2.24, 2.45) is 5.16 Å². The minimum absolute atomic E-state index is 0.0235. The second kappa shape index (κ2) is 5.45. The van der Waals surface area contributed by atoms with Crippen LogP contribution >= 0.6 is 0 Å². The molecule has 0 amide bonds. The minimum Gasteiger partial charge on any atom is -0.394 e. The monoisotopic (exact) mass is 269 g/mol. The first kappa shape index (κ1) is 12.8. The lowest BCUT2D eigenvalue weighted by Gasteiger charge is -2.06. The molecule has 0 aromatic heterocycles. The summed E-state index contributed by atoms with van der Waals surface area (Å²) in [6, 6.07) is 16.0. The van der Waals surface area contributed by atoms with E-state index >= 15 is 0 Å². The standard InChI is InChI=1S/C16H15NO3/c18-9-11(19)10-20-17-16-14-7-3-1-5-12(14)13-6-2-4-8-15(13)16/h1-8,11,18-19H,9-10H2. The zero-order chi connectivity index (χ0) is 13.9. The zero-order valence-corrected chi connectivity index (χ0v) is 10.9. The highest BCUT2D eigenvalue weighted by molar-refractivity contribution is 6.24. The van der Waals surface area contributed by atoms with Crippen LogP contribution < -0.4 is 0 Å². The second-order valence-corrected chi connectivity index (χ2v) is 4.66. The molecule has 0 spiro atoms. The van der Waals surface area contributed by atoms with Gasteiger partial charge in [0.2, 0.25) is 0 Å². The summed E-state index contributed by atoms with van der Waals surface area (Å²) in [5.74, 6) is 0. The number of nitrogens with zero attached hydrogens (tertiary/aromatic N) is 1. The molecule has 0 bridgehead atoms. The molecule has 2 aromatic carbocycles. The van der Waals surface area contributed by atoms with Crippen LogP contribution in [0.15, 0.2) is 53.7 Å². The van der Waals surface area contributed by atoms with Gasteiger partial charge in [0.15, 0.2) is 0 Å². The molecule has 0 radical (unpaired) electrons. The highest BCUT2D eigenvalue weighted by atomic mass is 16.6. The van der Waals surface area contributed by atoms with Gasteiger partial charge in [-0.3, -0.25) is 0 Å². The molecular weight excluding hydrogens is 254 g/mol. The molecule has 1 aliphatic carbocycles. The number of hydrogen-bond acceptors (Lipinski definition) is 4. The Balaban J connectivity index is 1.97. The van der Waals surface area contributed by atoms with Gasteiger partial charge in [-0.15, -0.1) is 0 Å². The van der Waals surface area contributed by atoms with E-state index in [1.165, 1.54) is 0 Å². The molecule has 0 fully saturated rings. The van der Waals surface area contributed by atoms with Crippen molar-refractivity contribution >= 4 is 5.71 Å². The molecule has 4 heteroatoms. The number of oxime groups is 1. The predicted octanol–water partition coefficient (Wildman–Crippen LogP) is 1.79. The van der Waals surface area contributed by atoms with Gasteiger partial charge in [0, 0.05) is 11.1 Å². The molecule has 0 heterocycles. The Morgan fingerprint density at radius 2 is 1.40 bits per heavy atom. The van der Waals surface area contributed by atoms with Crippen LogP contribution in [-0.2, 0) is 4.84 Å². The van der Waals surface area contributed by atoms with Gasteiger partial charge in [0.1, 0.15) is 18.4 Å². The van der Waals surface area contributed by atoms with Crippen molar-refractivity contribution in [2.75, 3.05) is 13.2 Å². The third kappa shape index (κ3) is 2.19. The fourth-order valence-corrected chi connectivity index (χ4v) is 2.33. The maximum absolute atomic E-state index is 9.28. The fraction of sp³-hybridized carbons (Fsp3) is 0.188. The molecule has 0 saturated carbocycles. The summed E-state index contributed by atoms with van der Waals surface area (Å²) in [7, 11) is 0. The highest BCUT2D eigenvalue weighted by Crippen LogP contribution is 2.36. The van der Waals surface area contributed by atoms with Crippen LogP contribution in [0.3, 0.4) is 0 Å². The SMILES string of the molecule is OCC(O)CON=C1c2ccccc2-c2ccccc21.